The summed E-state index contributed by atoms with van der Waals surface area (Å²) in [6.45, 7) is 1.97. The summed E-state index contributed by atoms with van der Waals surface area (Å²) in [5.41, 5.74) is 17.1. The Morgan fingerprint density at radius 2 is 0.904 bits per heavy atom. The fraction of sp³-hybridized carbons (Fsp3) is 0.769. The van der Waals surface area contributed by atoms with E-state index in [9.17, 15) is 28.8 Å². The van der Waals surface area contributed by atoms with Gasteiger partial charge in [-0.15, -0.1) is 0 Å². The van der Waals surface area contributed by atoms with Gasteiger partial charge in [0.25, 0.3) is 0 Å². The summed E-state index contributed by atoms with van der Waals surface area (Å²) in [4.78, 5) is 60.3. The number of nitrogens with one attached hydrogen (secondary N) is 3. The fourth-order valence-electron chi connectivity index (χ4n) is 4.32. The molecule has 3 atom stereocenters. The van der Waals surface area contributed by atoms with Gasteiger partial charge in [-0.05, 0) is 57.9 Å². The topological polar surface area (TPSA) is 443 Å². The van der Waals surface area contributed by atoms with Crippen LogP contribution in [0.1, 0.15) is 83.5 Å². The van der Waals surface area contributed by atoms with E-state index in [0.29, 0.717) is 18.9 Å². The second-order valence-corrected chi connectivity index (χ2v) is 13.9. The molecule has 0 aromatic carbocycles. The molecule has 19 N–H and O–H groups in total. The van der Waals surface area contributed by atoms with Crippen LogP contribution in [0.4, 0.5) is 0 Å². The van der Waals surface area contributed by atoms with Gasteiger partial charge in [0, 0.05) is 12.6 Å². The maximum Gasteiger partial charge on any atom is 2.00 e. The van der Waals surface area contributed by atoms with Crippen molar-refractivity contribution in [3.63, 3.8) is 0 Å². The number of hydrogen-bond acceptors (Lipinski definition) is 8. The molecule has 0 spiro atoms. The van der Waals surface area contributed by atoms with Crippen LogP contribution in [-0.2, 0) is 108 Å². The standard InChI is InChI=1S/C6H12N2.2C6H8O4.C5H12N2.C3H4O4.2ClH.4H2N.4Pt/c7-5-3-1-2-4-6(5)8;2*7-4(8)6(5(9)10)2-1-3-6;6-4-5-2-1-3-7-5;4-2(5)1-3(6)7;;;;;;;;;;/h5-8H,1-4H2;2*1-3H2,(H,7,8)(H,9,10);5,7H,1-4,6H2;1H2,(H,4,5)(H,6,7);2*1H;4*1H2;;;;/q-2;;;;;;;4*-1;3*+2;+4/p-2/t;;;5-;;;;;;;;;;;/m...0.........../s1. The number of hydrogen-bond donors (Lipinski definition) is 8. The van der Waals surface area contributed by atoms with Gasteiger partial charge in [-0.2, -0.15) is 12.1 Å². The van der Waals surface area contributed by atoms with Crippen LogP contribution in [0, 0.1) is 10.8 Å². The molecule has 1 saturated heterocycles. The minimum atomic E-state index is -1.44. The Morgan fingerprint density at radius 1 is 0.615 bits per heavy atom. The van der Waals surface area contributed by atoms with Crippen LogP contribution in [0.15, 0.2) is 0 Å². The van der Waals surface area contributed by atoms with E-state index >= 15 is 0 Å². The van der Waals surface area contributed by atoms with E-state index in [1.165, 1.54) is 32.2 Å². The van der Waals surface area contributed by atoms with Gasteiger partial charge in [0.05, 0.1) is 0 Å². The Balaban J connectivity index is -0.0000000607. The van der Waals surface area contributed by atoms with Gasteiger partial charge in [-0.1, -0.05) is 25.7 Å². The first-order chi connectivity index (χ1) is 21.0. The maximum absolute atomic E-state index is 10.4. The van der Waals surface area contributed by atoms with Gasteiger partial charge in [-0.25, -0.2) is 0 Å². The molecule has 1 aliphatic heterocycles. The Morgan fingerprint density at radius 3 is 0.981 bits per heavy atom. The first kappa shape index (κ1) is 73.0. The van der Waals surface area contributed by atoms with Crippen LogP contribution in [0.5, 0.6) is 0 Å². The molecule has 20 nitrogen and oxygen atoms in total. The van der Waals surface area contributed by atoms with Gasteiger partial charge < -0.3 is 77.8 Å². The van der Waals surface area contributed by atoms with E-state index in [1.54, 1.807) is 0 Å². The van der Waals surface area contributed by atoms with E-state index in [-0.39, 0.29) is 126 Å². The van der Waals surface area contributed by atoms with Crippen LogP contribution in [-0.4, -0.2) is 97.7 Å². The van der Waals surface area contributed by atoms with Crippen molar-refractivity contribution in [3.05, 3.63) is 36.1 Å². The number of halogens is 2. The predicted molar refractivity (Wildman–Crippen MR) is 181 cm³/mol. The second kappa shape index (κ2) is 40.5. The van der Waals surface area contributed by atoms with E-state index in [1.807, 2.05) is 0 Å². The van der Waals surface area contributed by atoms with E-state index in [2.05, 4.69) is 5.32 Å². The molecule has 4 fully saturated rings. The van der Waals surface area contributed by atoms with E-state index in [0.717, 1.165) is 19.4 Å². The molecule has 1 heterocycles. The molecule has 2 unspecified atom stereocenters. The van der Waals surface area contributed by atoms with E-state index in [4.69, 9.17) is 66.7 Å². The van der Waals surface area contributed by atoms with Crippen molar-refractivity contribution in [2.75, 3.05) is 13.1 Å². The number of nitrogens with two attached hydrogens (primary N) is 5. The monoisotopic (exact) mass is 1520 g/mol. The molecule has 0 amide bonds. The number of aliphatic carboxylic acids is 6. The van der Waals surface area contributed by atoms with Crippen molar-refractivity contribution < 1.29 is 139 Å². The molecule has 0 bridgehead atoms. The number of carbonyl (C=O) groups is 6. The molecule has 52 heavy (non-hydrogen) atoms. The first-order valence-corrected chi connectivity index (χ1v) is 19.7. The van der Waals surface area contributed by atoms with Crippen molar-refractivity contribution in [2.24, 2.45) is 16.6 Å². The zero-order valence-corrected chi connectivity index (χ0v) is 38.5. The molecule has 3 aliphatic carbocycles. The molecule has 26 heteroatoms. The Kier molecular flexibility index (Phi) is 56.9. The van der Waals surface area contributed by atoms with Gasteiger partial charge in [-0.3, -0.25) is 28.8 Å². The minimum absolute atomic E-state index is 0. The van der Waals surface area contributed by atoms with Crippen molar-refractivity contribution >= 4 is 54.7 Å². The molecular formula is C26H52Cl2N8O12Pt4+2. The Bertz CT molecular complexity index is 878. The Labute approximate surface area is 363 Å². The van der Waals surface area contributed by atoms with Gasteiger partial charge in [0.15, 0.2) is 10.8 Å². The molecule has 0 radical (unpaired) electrons. The summed E-state index contributed by atoms with van der Waals surface area (Å²) in [5.74, 6) is -7.44. The predicted octanol–water partition coefficient (Wildman–Crippen LogP) is 6.53. The SMILES string of the molecule is NC[C@@H]1CCCN1.O=C(O)C1(C(=O)O)CCC1.O=C(O)C1(C(=O)O)CCC1.O=C(O)CC(=O)O.[Cl][Pt+2][Cl].[NH-]C1CCCCC1[NH-].[NH2-].[NH2-].[NH2-].[NH2-].[Pt+2].[Pt+2].[Pt+2]. The zero-order chi connectivity index (χ0) is 35.2. The maximum atomic E-state index is 10.4. The normalized spacial score (nSPS) is 20.0. The summed E-state index contributed by atoms with van der Waals surface area (Å²) < 4.78 is 0. The van der Waals surface area contributed by atoms with Crippen LogP contribution < -0.4 is 11.1 Å². The summed E-state index contributed by atoms with van der Waals surface area (Å²) in [7, 11) is 9.75. The fourth-order valence-corrected chi connectivity index (χ4v) is 4.32. The average molecular weight is 1520 g/mol. The molecule has 4 rings (SSSR count). The zero-order valence-electron chi connectivity index (χ0n) is 27.9. The molecule has 0 aromatic rings. The molecule has 0 aromatic heterocycles. The van der Waals surface area contributed by atoms with Gasteiger partial charge in [0.2, 0.25) is 0 Å². The van der Waals surface area contributed by atoms with Crippen LogP contribution in [0.25, 0.3) is 36.1 Å². The summed E-state index contributed by atoms with van der Waals surface area (Å²) in [5, 5.41) is 52.6. The van der Waals surface area contributed by atoms with Crippen molar-refractivity contribution in [3.8, 4) is 0 Å². The van der Waals surface area contributed by atoms with Gasteiger partial charge >= 0.3 is 134 Å². The molecule has 320 valence electrons. The summed E-state index contributed by atoms with van der Waals surface area (Å²) >= 11 is -0.472. The van der Waals surface area contributed by atoms with Gasteiger partial charge in [0.1, 0.15) is 6.42 Å². The molecule has 3 saturated carbocycles. The number of rotatable bonds is 7. The third-order valence-corrected chi connectivity index (χ3v) is 7.57. The smallest absolute Gasteiger partial charge is 0.693 e. The second-order valence-electron chi connectivity index (χ2n) is 10.6. The summed E-state index contributed by atoms with van der Waals surface area (Å²) in [6.07, 6.45) is 8.54. The first-order valence-electron chi connectivity index (χ1n) is 14.0. The third-order valence-electron chi connectivity index (χ3n) is 7.57. The third kappa shape index (κ3) is 29.2. The summed E-state index contributed by atoms with van der Waals surface area (Å²) in [6, 6.07) is 0.465. The van der Waals surface area contributed by atoms with Crippen LogP contribution >= 0.6 is 18.8 Å². The average Bonchev–Trinajstić information content (AvgIpc) is 3.39. The van der Waals surface area contributed by atoms with E-state index < -0.39 is 69.5 Å². The quantitative estimate of drug-likeness (QED) is 0.126. The van der Waals surface area contributed by atoms with Crippen molar-refractivity contribution in [2.45, 2.75) is 102 Å². The van der Waals surface area contributed by atoms with Crippen molar-refractivity contribution in [1.82, 2.24) is 5.32 Å². The molecular weight excluding hydrogens is 1470 g/mol. The van der Waals surface area contributed by atoms with Crippen LogP contribution in [0.3, 0.4) is 0 Å². The number of carboxylic acids is 6. The Hall–Kier alpha value is -0.167. The number of carboxylic acid groups (broad SMARTS) is 6. The van der Waals surface area contributed by atoms with Crippen LogP contribution in [0.2, 0.25) is 0 Å². The largest absolute Gasteiger partial charge is 2.00 e. The molecule has 4 aliphatic rings. The minimum Gasteiger partial charge on any atom is -0.693 e. The van der Waals surface area contributed by atoms with Crippen molar-refractivity contribution in [1.29, 1.82) is 0 Å².